The maximum Gasteiger partial charge on any atom is 0.256 e. The van der Waals surface area contributed by atoms with Gasteiger partial charge in [0.2, 0.25) is 0 Å². The Morgan fingerprint density at radius 1 is 1.14 bits per heavy atom. The number of halogens is 1. The number of nitrogens with zero attached hydrogens (tertiary/aromatic N) is 3. The van der Waals surface area contributed by atoms with Crippen molar-refractivity contribution in [3.63, 3.8) is 0 Å². The number of para-hydroxylation sites is 1. The molecular weight excluding hydrogens is 283 g/mol. The smallest absolute Gasteiger partial charge is 0.256 e. The van der Waals surface area contributed by atoms with E-state index in [2.05, 4.69) is 4.98 Å². The third-order valence-corrected chi connectivity index (χ3v) is 3.84. The number of benzene rings is 1. The minimum atomic E-state index is -0.236. The summed E-state index contributed by atoms with van der Waals surface area (Å²) in [6.45, 7) is 2.26. The largest absolute Gasteiger partial charge is 0.397 e. The van der Waals surface area contributed by atoms with Gasteiger partial charge < -0.3 is 15.5 Å². The van der Waals surface area contributed by atoms with Gasteiger partial charge in [-0.05, 0) is 18.2 Å². The molecule has 0 saturated carbocycles. The van der Waals surface area contributed by atoms with Crippen molar-refractivity contribution >= 4 is 17.3 Å². The summed E-state index contributed by atoms with van der Waals surface area (Å²) in [6, 6.07) is 8.32. The van der Waals surface area contributed by atoms with E-state index in [9.17, 15) is 9.18 Å². The van der Waals surface area contributed by atoms with Crippen LogP contribution in [0.4, 0.5) is 15.8 Å². The van der Waals surface area contributed by atoms with Gasteiger partial charge in [0.25, 0.3) is 5.91 Å². The molecule has 1 amide bonds. The lowest BCUT2D eigenvalue weighted by Gasteiger charge is -2.36. The topological polar surface area (TPSA) is 62.5 Å². The Labute approximate surface area is 128 Å². The maximum atomic E-state index is 13.8. The molecule has 3 rings (SSSR count). The third-order valence-electron chi connectivity index (χ3n) is 3.84. The van der Waals surface area contributed by atoms with E-state index in [4.69, 9.17) is 5.73 Å². The van der Waals surface area contributed by atoms with Crippen molar-refractivity contribution in [1.82, 2.24) is 9.88 Å². The first-order valence-electron chi connectivity index (χ1n) is 7.15. The van der Waals surface area contributed by atoms with Gasteiger partial charge in [-0.2, -0.15) is 0 Å². The molecular formula is C16H17FN4O. The highest BCUT2D eigenvalue weighted by Gasteiger charge is 2.24. The molecule has 114 valence electrons. The summed E-state index contributed by atoms with van der Waals surface area (Å²) in [6.07, 6.45) is 3.03. The van der Waals surface area contributed by atoms with Crippen LogP contribution in [0.3, 0.4) is 0 Å². The number of aromatic nitrogens is 1. The lowest BCUT2D eigenvalue weighted by atomic mass is 10.1. The summed E-state index contributed by atoms with van der Waals surface area (Å²) in [5.74, 6) is -0.339. The van der Waals surface area contributed by atoms with Gasteiger partial charge in [0.05, 0.1) is 23.1 Å². The molecule has 0 bridgehead atoms. The molecule has 0 spiro atoms. The van der Waals surface area contributed by atoms with E-state index in [1.165, 1.54) is 12.3 Å². The van der Waals surface area contributed by atoms with Crippen LogP contribution in [-0.2, 0) is 0 Å². The Morgan fingerprint density at radius 3 is 2.55 bits per heavy atom. The molecule has 2 heterocycles. The Morgan fingerprint density at radius 2 is 1.86 bits per heavy atom. The van der Waals surface area contributed by atoms with Gasteiger partial charge in [-0.15, -0.1) is 0 Å². The number of anilines is 2. The molecule has 6 heteroatoms. The number of pyridine rings is 1. The summed E-state index contributed by atoms with van der Waals surface area (Å²) in [4.78, 5) is 20.0. The first kappa shape index (κ1) is 14.3. The molecule has 0 unspecified atom stereocenters. The zero-order valence-electron chi connectivity index (χ0n) is 12.1. The van der Waals surface area contributed by atoms with Crippen molar-refractivity contribution < 1.29 is 9.18 Å². The van der Waals surface area contributed by atoms with Gasteiger partial charge in [-0.3, -0.25) is 9.78 Å². The van der Waals surface area contributed by atoms with Crippen LogP contribution < -0.4 is 10.6 Å². The standard InChI is InChI=1S/C16H17FN4O/c17-13-3-1-2-4-15(13)20-7-9-21(10-8-20)16(22)12-5-6-19-11-14(12)18/h1-6,11H,7-10,18H2. The van der Waals surface area contributed by atoms with Gasteiger partial charge in [0.1, 0.15) is 5.82 Å². The van der Waals surface area contributed by atoms with E-state index >= 15 is 0 Å². The van der Waals surface area contributed by atoms with Crippen LogP contribution in [0, 0.1) is 5.82 Å². The Balaban J connectivity index is 1.68. The normalized spacial score (nSPS) is 15.0. The molecule has 22 heavy (non-hydrogen) atoms. The number of rotatable bonds is 2. The monoisotopic (exact) mass is 300 g/mol. The highest BCUT2D eigenvalue weighted by molar-refractivity contribution is 5.99. The predicted molar refractivity (Wildman–Crippen MR) is 83.2 cm³/mol. The summed E-state index contributed by atoms with van der Waals surface area (Å²) >= 11 is 0. The van der Waals surface area contributed by atoms with Gasteiger partial charge >= 0.3 is 0 Å². The van der Waals surface area contributed by atoms with Crippen LogP contribution in [0.15, 0.2) is 42.7 Å². The van der Waals surface area contributed by atoms with Gasteiger partial charge in [0, 0.05) is 32.4 Å². The fourth-order valence-corrected chi connectivity index (χ4v) is 2.63. The molecule has 1 saturated heterocycles. The van der Waals surface area contributed by atoms with Crippen LogP contribution in [0.25, 0.3) is 0 Å². The van der Waals surface area contributed by atoms with Crippen LogP contribution >= 0.6 is 0 Å². The quantitative estimate of drug-likeness (QED) is 0.918. The number of hydrogen-bond donors (Lipinski definition) is 1. The minimum Gasteiger partial charge on any atom is -0.397 e. The predicted octanol–water partition coefficient (Wildman–Crippen LogP) is 1.77. The van der Waals surface area contributed by atoms with Crippen molar-refractivity contribution in [2.75, 3.05) is 36.8 Å². The molecule has 1 aromatic heterocycles. The molecule has 1 aliphatic heterocycles. The highest BCUT2D eigenvalue weighted by Crippen LogP contribution is 2.21. The summed E-state index contributed by atoms with van der Waals surface area (Å²) in [7, 11) is 0. The average Bonchev–Trinajstić information content (AvgIpc) is 2.55. The zero-order valence-corrected chi connectivity index (χ0v) is 12.1. The fraction of sp³-hybridized carbons (Fsp3) is 0.250. The molecule has 1 aliphatic rings. The van der Waals surface area contributed by atoms with E-state index in [1.807, 2.05) is 11.0 Å². The second-order valence-corrected chi connectivity index (χ2v) is 5.19. The van der Waals surface area contributed by atoms with Crippen LogP contribution in [0.1, 0.15) is 10.4 Å². The number of carbonyl (C=O) groups is 1. The number of nitrogens with two attached hydrogens (primary N) is 1. The molecule has 2 aromatic rings. The Bertz CT molecular complexity index is 683. The Kier molecular flexibility index (Phi) is 3.91. The second kappa shape index (κ2) is 6.01. The lowest BCUT2D eigenvalue weighted by Crippen LogP contribution is -2.49. The number of carbonyl (C=O) groups excluding carboxylic acids is 1. The van der Waals surface area contributed by atoms with Crippen LogP contribution in [-0.4, -0.2) is 42.0 Å². The number of nitrogen functional groups attached to an aromatic ring is 1. The van der Waals surface area contributed by atoms with Gasteiger partial charge in [-0.25, -0.2) is 4.39 Å². The van der Waals surface area contributed by atoms with Crippen molar-refractivity contribution in [3.8, 4) is 0 Å². The highest BCUT2D eigenvalue weighted by atomic mass is 19.1. The van der Waals surface area contributed by atoms with E-state index in [1.54, 1.807) is 29.3 Å². The molecule has 5 nitrogen and oxygen atoms in total. The minimum absolute atomic E-state index is 0.104. The van der Waals surface area contributed by atoms with Crippen molar-refractivity contribution in [1.29, 1.82) is 0 Å². The van der Waals surface area contributed by atoms with Crippen molar-refractivity contribution in [3.05, 3.63) is 54.1 Å². The number of hydrogen-bond acceptors (Lipinski definition) is 4. The molecule has 1 fully saturated rings. The SMILES string of the molecule is Nc1cnccc1C(=O)N1CCN(c2ccccc2F)CC1. The fourth-order valence-electron chi connectivity index (χ4n) is 2.63. The Hall–Kier alpha value is -2.63. The second-order valence-electron chi connectivity index (χ2n) is 5.19. The molecule has 0 radical (unpaired) electrons. The summed E-state index contributed by atoms with van der Waals surface area (Å²) in [5, 5.41) is 0. The van der Waals surface area contributed by atoms with Crippen LogP contribution in [0.5, 0.6) is 0 Å². The van der Waals surface area contributed by atoms with Crippen molar-refractivity contribution in [2.24, 2.45) is 0 Å². The molecule has 0 aliphatic carbocycles. The third kappa shape index (κ3) is 2.72. The molecule has 2 N–H and O–H groups in total. The van der Waals surface area contributed by atoms with E-state index in [-0.39, 0.29) is 11.7 Å². The lowest BCUT2D eigenvalue weighted by molar-refractivity contribution is 0.0747. The molecule has 0 atom stereocenters. The van der Waals surface area contributed by atoms with E-state index in [0.717, 1.165) is 0 Å². The molecule has 1 aromatic carbocycles. The van der Waals surface area contributed by atoms with Crippen molar-refractivity contribution in [2.45, 2.75) is 0 Å². The van der Waals surface area contributed by atoms with Gasteiger partial charge in [0.15, 0.2) is 0 Å². The summed E-state index contributed by atoms with van der Waals surface area (Å²) in [5.41, 5.74) is 7.22. The zero-order chi connectivity index (χ0) is 15.5. The first-order chi connectivity index (χ1) is 10.7. The maximum absolute atomic E-state index is 13.8. The van der Waals surface area contributed by atoms with E-state index in [0.29, 0.717) is 43.1 Å². The first-order valence-corrected chi connectivity index (χ1v) is 7.15. The van der Waals surface area contributed by atoms with E-state index < -0.39 is 0 Å². The number of amides is 1. The average molecular weight is 300 g/mol. The van der Waals surface area contributed by atoms with Gasteiger partial charge in [-0.1, -0.05) is 12.1 Å². The summed E-state index contributed by atoms with van der Waals surface area (Å²) < 4.78 is 13.8. The van der Waals surface area contributed by atoms with Crippen LogP contribution in [0.2, 0.25) is 0 Å². The number of piperazine rings is 1.